The van der Waals surface area contributed by atoms with E-state index in [0.29, 0.717) is 6.04 Å². The molecule has 0 unspecified atom stereocenters. The Hall–Kier alpha value is -1.22. The topological polar surface area (TPSA) is 41.3 Å². The summed E-state index contributed by atoms with van der Waals surface area (Å²) in [6, 6.07) is 8.54. The largest absolute Gasteiger partial charge is 0.399 e. The summed E-state index contributed by atoms with van der Waals surface area (Å²) >= 11 is 0. The number of nitrogens with zero attached hydrogens (tertiary/aromatic N) is 1. The Morgan fingerprint density at radius 1 is 1.29 bits per heavy atom. The second kappa shape index (κ2) is 7.17. The molecule has 17 heavy (non-hydrogen) atoms. The van der Waals surface area contributed by atoms with E-state index in [-0.39, 0.29) is 0 Å². The van der Waals surface area contributed by atoms with Crippen LogP contribution in [0.15, 0.2) is 24.3 Å². The quantitative estimate of drug-likeness (QED) is 0.564. The predicted molar refractivity (Wildman–Crippen MR) is 76.3 cm³/mol. The van der Waals surface area contributed by atoms with Crippen molar-refractivity contribution >= 4 is 11.4 Å². The first-order chi connectivity index (χ1) is 8.09. The van der Waals surface area contributed by atoms with E-state index in [1.807, 2.05) is 18.2 Å². The molecule has 0 atom stereocenters. The molecule has 3 heteroatoms. The van der Waals surface area contributed by atoms with E-state index in [1.165, 1.54) is 12.8 Å². The lowest BCUT2D eigenvalue weighted by Gasteiger charge is -2.20. The number of unbranched alkanes of at least 4 members (excludes halogenated alkanes) is 1. The van der Waals surface area contributed by atoms with Crippen molar-refractivity contribution in [3.8, 4) is 0 Å². The van der Waals surface area contributed by atoms with Crippen LogP contribution in [0.2, 0.25) is 0 Å². The van der Waals surface area contributed by atoms with Gasteiger partial charge in [-0.1, -0.05) is 6.07 Å². The van der Waals surface area contributed by atoms with Crippen LogP contribution >= 0.6 is 0 Å². The van der Waals surface area contributed by atoms with E-state index in [0.717, 1.165) is 24.5 Å². The number of rotatable bonds is 7. The highest BCUT2D eigenvalue weighted by atomic mass is 15.1. The van der Waals surface area contributed by atoms with Crippen LogP contribution in [0.3, 0.4) is 0 Å². The molecule has 0 aromatic heterocycles. The first-order valence-electron chi connectivity index (χ1n) is 6.39. The Morgan fingerprint density at radius 2 is 2.06 bits per heavy atom. The number of hydrogen-bond donors (Lipinski definition) is 2. The van der Waals surface area contributed by atoms with Gasteiger partial charge in [-0.25, -0.2) is 0 Å². The Balaban J connectivity index is 2.12. The molecule has 0 bridgehead atoms. The van der Waals surface area contributed by atoms with Gasteiger partial charge in [-0.15, -0.1) is 0 Å². The minimum atomic E-state index is 0.636. The van der Waals surface area contributed by atoms with Gasteiger partial charge in [-0.05, 0) is 58.5 Å². The molecule has 0 fully saturated rings. The van der Waals surface area contributed by atoms with Crippen molar-refractivity contribution in [1.82, 2.24) is 4.90 Å². The Morgan fingerprint density at radius 3 is 2.71 bits per heavy atom. The minimum Gasteiger partial charge on any atom is -0.399 e. The number of anilines is 2. The summed E-state index contributed by atoms with van der Waals surface area (Å²) in [6.07, 6.45) is 2.41. The lowest BCUT2D eigenvalue weighted by molar-refractivity contribution is 0.269. The lowest BCUT2D eigenvalue weighted by atomic mass is 10.2. The van der Waals surface area contributed by atoms with Crippen LogP contribution in [0.4, 0.5) is 11.4 Å². The monoisotopic (exact) mass is 235 g/mol. The van der Waals surface area contributed by atoms with Crippen molar-refractivity contribution in [3.63, 3.8) is 0 Å². The molecule has 0 aliphatic carbocycles. The zero-order chi connectivity index (χ0) is 12.7. The van der Waals surface area contributed by atoms with Crippen LogP contribution in [0.1, 0.15) is 26.7 Å². The average molecular weight is 235 g/mol. The summed E-state index contributed by atoms with van der Waals surface area (Å²) in [5.41, 5.74) is 7.64. The molecule has 0 amide bonds. The number of nitrogen functional groups attached to an aromatic ring is 1. The molecule has 3 N–H and O–H groups in total. The van der Waals surface area contributed by atoms with Crippen molar-refractivity contribution in [1.29, 1.82) is 0 Å². The molecular formula is C14H25N3. The van der Waals surface area contributed by atoms with Crippen LogP contribution < -0.4 is 11.1 Å². The van der Waals surface area contributed by atoms with Gasteiger partial charge in [-0.2, -0.15) is 0 Å². The Labute approximate surface area is 105 Å². The maximum atomic E-state index is 5.72. The molecule has 0 heterocycles. The van der Waals surface area contributed by atoms with Crippen molar-refractivity contribution in [3.05, 3.63) is 24.3 Å². The summed E-state index contributed by atoms with van der Waals surface area (Å²) < 4.78 is 0. The molecule has 0 saturated heterocycles. The maximum absolute atomic E-state index is 5.72. The molecule has 0 saturated carbocycles. The van der Waals surface area contributed by atoms with Gasteiger partial charge in [-0.3, -0.25) is 0 Å². The normalized spacial score (nSPS) is 11.1. The molecule has 96 valence electrons. The highest BCUT2D eigenvalue weighted by Crippen LogP contribution is 2.11. The van der Waals surface area contributed by atoms with Gasteiger partial charge in [0, 0.05) is 24.0 Å². The number of nitrogens with one attached hydrogen (secondary N) is 1. The van der Waals surface area contributed by atoms with E-state index in [4.69, 9.17) is 5.73 Å². The number of nitrogens with two attached hydrogens (primary N) is 1. The molecule has 1 aromatic carbocycles. The predicted octanol–water partition coefficient (Wildman–Crippen LogP) is 2.80. The first kappa shape index (κ1) is 13.8. The molecule has 0 radical (unpaired) electrons. The smallest absolute Gasteiger partial charge is 0.0360 e. The molecule has 0 spiro atoms. The van der Waals surface area contributed by atoms with Gasteiger partial charge in [0.25, 0.3) is 0 Å². The SMILES string of the molecule is CC(C)N(C)CCCCNc1cccc(N)c1. The zero-order valence-electron chi connectivity index (χ0n) is 11.2. The highest BCUT2D eigenvalue weighted by Gasteiger charge is 2.01. The Kier molecular flexibility index (Phi) is 5.84. The van der Waals surface area contributed by atoms with Crippen LogP contribution in [-0.4, -0.2) is 31.1 Å². The third-order valence-corrected chi connectivity index (χ3v) is 3.03. The first-order valence-corrected chi connectivity index (χ1v) is 6.39. The molecule has 1 aromatic rings. The van der Waals surface area contributed by atoms with E-state index in [9.17, 15) is 0 Å². The number of benzene rings is 1. The summed E-state index contributed by atoms with van der Waals surface area (Å²) in [6.45, 7) is 6.63. The van der Waals surface area contributed by atoms with Crippen LogP contribution in [0.25, 0.3) is 0 Å². The molecule has 0 aliphatic heterocycles. The van der Waals surface area contributed by atoms with Gasteiger partial charge < -0.3 is 16.0 Å². The Bertz CT molecular complexity index is 323. The van der Waals surface area contributed by atoms with Crippen molar-refractivity contribution < 1.29 is 0 Å². The van der Waals surface area contributed by atoms with E-state index in [1.54, 1.807) is 0 Å². The third-order valence-electron chi connectivity index (χ3n) is 3.03. The fraction of sp³-hybridized carbons (Fsp3) is 0.571. The minimum absolute atomic E-state index is 0.636. The second-order valence-electron chi connectivity index (χ2n) is 4.83. The molecule has 0 aliphatic rings. The van der Waals surface area contributed by atoms with Crippen LogP contribution in [0.5, 0.6) is 0 Å². The van der Waals surface area contributed by atoms with Gasteiger partial charge in [0.15, 0.2) is 0 Å². The maximum Gasteiger partial charge on any atom is 0.0360 e. The van der Waals surface area contributed by atoms with E-state index < -0.39 is 0 Å². The van der Waals surface area contributed by atoms with E-state index >= 15 is 0 Å². The molecule has 3 nitrogen and oxygen atoms in total. The van der Waals surface area contributed by atoms with Crippen molar-refractivity contribution in [2.24, 2.45) is 0 Å². The second-order valence-corrected chi connectivity index (χ2v) is 4.83. The summed E-state index contributed by atoms with van der Waals surface area (Å²) in [5.74, 6) is 0. The van der Waals surface area contributed by atoms with E-state index in [2.05, 4.69) is 37.2 Å². The van der Waals surface area contributed by atoms with Crippen molar-refractivity contribution in [2.45, 2.75) is 32.7 Å². The van der Waals surface area contributed by atoms with Gasteiger partial charge in [0.1, 0.15) is 0 Å². The molecular weight excluding hydrogens is 210 g/mol. The fourth-order valence-corrected chi connectivity index (χ4v) is 1.63. The fourth-order valence-electron chi connectivity index (χ4n) is 1.63. The third kappa shape index (κ3) is 5.59. The summed E-state index contributed by atoms with van der Waals surface area (Å²) in [5, 5.41) is 3.39. The van der Waals surface area contributed by atoms with Gasteiger partial charge in [0.2, 0.25) is 0 Å². The highest BCUT2D eigenvalue weighted by molar-refractivity contribution is 5.53. The van der Waals surface area contributed by atoms with Gasteiger partial charge in [0.05, 0.1) is 0 Å². The molecule has 1 rings (SSSR count). The van der Waals surface area contributed by atoms with Crippen LogP contribution in [-0.2, 0) is 0 Å². The summed E-state index contributed by atoms with van der Waals surface area (Å²) in [4.78, 5) is 2.38. The van der Waals surface area contributed by atoms with Crippen LogP contribution in [0, 0.1) is 0 Å². The van der Waals surface area contributed by atoms with Crippen molar-refractivity contribution in [2.75, 3.05) is 31.2 Å². The number of hydrogen-bond acceptors (Lipinski definition) is 3. The zero-order valence-corrected chi connectivity index (χ0v) is 11.2. The lowest BCUT2D eigenvalue weighted by Crippen LogP contribution is -2.27. The average Bonchev–Trinajstić information content (AvgIpc) is 2.28. The standard InChI is InChI=1S/C14H25N3/c1-12(2)17(3)10-5-4-9-16-14-8-6-7-13(15)11-14/h6-8,11-12,16H,4-5,9-10,15H2,1-3H3. The van der Waals surface area contributed by atoms with Gasteiger partial charge >= 0.3 is 0 Å². The summed E-state index contributed by atoms with van der Waals surface area (Å²) in [7, 11) is 2.18.